The molecule has 1 fully saturated rings. The summed E-state index contributed by atoms with van der Waals surface area (Å²) >= 11 is 0. The van der Waals surface area contributed by atoms with Gasteiger partial charge in [-0.25, -0.2) is 19.2 Å². The number of carbonyl (C=O) groups excluding carboxylic acids is 1. The van der Waals surface area contributed by atoms with Gasteiger partial charge in [0.05, 0.1) is 23.4 Å². The Morgan fingerprint density at radius 3 is 2.79 bits per heavy atom. The van der Waals surface area contributed by atoms with Gasteiger partial charge in [0.2, 0.25) is 0 Å². The fourth-order valence-electron chi connectivity index (χ4n) is 5.96. The third-order valence-electron chi connectivity index (χ3n) is 8.33. The van der Waals surface area contributed by atoms with Crippen molar-refractivity contribution in [1.29, 1.82) is 0 Å². The van der Waals surface area contributed by atoms with Crippen LogP contribution in [-0.4, -0.2) is 55.7 Å². The molecule has 0 saturated heterocycles. The van der Waals surface area contributed by atoms with Gasteiger partial charge in [0.1, 0.15) is 17.8 Å². The lowest BCUT2D eigenvalue weighted by Gasteiger charge is -2.25. The largest absolute Gasteiger partial charge is 0.392 e. The van der Waals surface area contributed by atoms with Gasteiger partial charge in [-0.05, 0) is 66.0 Å². The first kappa shape index (κ1) is 26.1. The number of aliphatic hydroxyl groups excluding tert-OH is 1. The van der Waals surface area contributed by atoms with E-state index in [-0.39, 0.29) is 18.0 Å². The van der Waals surface area contributed by atoms with Gasteiger partial charge in [0.15, 0.2) is 0 Å². The topological polar surface area (TPSA) is 116 Å². The summed E-state index contributed by atoms with van der Waals surface area (Å²) in [4.78, 5) is 39.7. The van der Waals surface area contributed by atoms with Crippen molar-refractivity contribution in [2.24, 2.45) is 0 Å². The van der Waals surface area contributed by atoms with Crippen LogP contribution in [0.5, 0.6) is 0 Å². The molecule has 0 atom stereocenters. The lowest BCUT2D eigenvalue weighted by atomic mass is 9.99. The number of rotatable bonds is 5. The number of hydrogen-bond donors (Lipinski definition) is 3. The summed E-state index contributed by atoms with van der Waals surface area (Å²) in [5, 5.41) is 14.6. The highest BCUT2D eigenvalue weighted by Crippen LogP contribution is 2.41. The fourth-order valence-corrected chi connectivity index (χ4v) is 5.96. The first-order chi connectivity index (χ1) is 20.5. The Morgan fingerprint density at radius 1 is 1.19 bits per heavy atom. The highest BCUT2D eigenvalue weighted by Gasteiger charge is 2.26. The van der Waals surface area contributed by atoms with Crippen molar-refractivity contribution in [2.75, 3.05) is 20.1 Å². The van der Waals surface area contributed by atoms with Crippen LogP contribution in [0.25, 0.3) is 44.3 Å². The van der Waals surface area contributed by atoms with Gasteiger partial charge in [0, 0.05) is 48.5 Å². The highest BCUT2D eigenvalue weighted by atomic mass is 19.1. The van der Waals surface area contributed by atoms with Crippen LogP contribution in [0.3, 0.4) is 0 Å². The number of nitrogens with one attached hydrogen (secondary N) is 2. The molecule has 42 heavy (non-hydrogen) atoms. The minimum absolute atomic E-state index is 0.0339. The number of aromatic amines is 1. The zero-order chi connectivity index (χ0) is 29.0. The van der Waals surface area contributed by atoms with Crippen molar-refractivity contribution in [3.05, 3.63) is 94.1 Å². The van der Waals surface area contributed by atoms with Crippen LogP contribution in [0.1, 0.15) is 42.0 Å². The summed E-state index contributed by atoms with van der Waals surface area (Å²) in [6.45, 7) is 0.740. The maximum absolute atomic E-state index is 15.2. The Morgan fingerprint density at radius 2 is 2.05 bits per heavy atom. The predicted octanol–water partition coefficient (Wildman–Crippen LogP) is 4.87. The van der Waals surface area contributed by atoms with Gasteiger partial charge >= 0.3 is 6.03 Å². The van der Waals surface area contributed by atoms with E-state index in [2.05, 4.69) is 20.3 Å². The predicted molar refractivity (Wildman–Crippen MR) is 159 cm³/mol. The van der Waals surface area contributed by atoms with Crippen molar-refractivity contribution < 1.29 is 14.3 Å². The number of urea groups is 1. The molecule has 4 heterocycles. The minimum Gasteiger partial charge on any atom is -0.392 e. The normalized spacial score (nSPS) is 15.3. The fraction of sp³-hybridized carbons (Fsp3) is 0.250. The molecule has 3 N–H and O–H groups in total. The maximum Gasteiger partial charge on any atom is 0.317 e. The highest BCUT2D eigenvalue weighted by molar-refractivity contribution is 5.95. The zero-order valence-corrected chi connectivity index (χ0v) is 23.0. The van der Waals surface area contributed by atoms with Gasteiger partial charge in [-0.15, -0.1) is 0 Å². The van der Waals surface area contributed by atoms with E-state index in [1.165, 1.54) is 17.0 Å². The summed E-state index contributed by atoms with van der Waals surface area (Å²) in [5.74, 6) is -0.155. The van der Waals surface area contributed by atoms with E-state index in [4.69, 9.17) is 0 Å². The quantitative estimate of drug-likeness (QED) is 0.282. The van der Waals surface area contributed by atoms with Crippen LogP contribution in [0.4, 0.5) is 9.18 Å². The van der Waals surface area contributed by atoms with E-state index in [9.17, 15) is 14.7 Å². The van der Waals surface area contributed by atoms with Crippen molar-refractivity contribution in [3.8, 4) is 16.9 Å². The molecule has 3 aromatic heterocycles. The first-order valence-electron chi connectivity index (χ1n) is 14.0. The molecule has 10 heteroatoms. The number of nitrogens with zero attached hydrogens (tertiary/aromatic N) is 4. The number of H-pyrrole nitrogens is 1. The number of fused-ring (bicyclic) bond motifs is 2. The number of carbonyl (C=O) groups is 1. The second kappa shape index (κ2) is 10.2. The van der Waals surface area contributed by atoms with Crippen molar-refractivity contribution in [1.82, 2.24) is 29.7 Å². The van der Waals surface area contributed by atoms with E-state index in [1.54, 1.807) is 36.3 Å². The molecule has 1 aliphatic heterocycles. The number of amides is 2. The molecule has 2 aliphatic rings. The first-order valence-corrected chi connectivity index (χ1v) is 14.0. The molecule has 0 bridgehead atoms. The Labute approximate surface area is 240 Å². The molecule has 9 nitrogen and oxygen atoms in total. The summed E-state index contributed by atoms with van der Waals surface area (Å²) in [5.41, 5.74) is 5.25. The summed E-state index contributed by atoms with van der Waals surface area (Å²) in [6, 6.07) is 12.4. The zero-order valence-electron chi connectivity index (χ0n) is 23.0. The number of aliphatic hydroxyl groups is 1. The van der Waals surface area contributed by atoms with Crippen LogP contribution < -0.4 is 10.9 Å². The van der Waals surface area contributed by atoms with E-state index in [0.717, 1.165) is 35.1 Å². The van der Waals surface area contributed by atoms with Crippen LogP contribution >= 0.6 is 0 Å². The second-order valence-corrected chi connectivity index (χ2v) is 10.8. The third kappa shape index (κ3) is 4.35. The van der Waals surface area contributed by atoms with E-state index >= 15 is 4.39 Å². The molecule has 5 aromatic rings. The molecular weight excluding hydrogens is 535 g/mol. The lowest BCUT2D eigenvalue weighted by Crippen LogP contribution is -2.40. The number of pyridine rings is 1. The summed E-state index contributed by atoms with van der Waals surface area (Å²) in [7, 11) is 1.62. The van der Waals surface area contributed by atoms with Gasteiger partial charge in [0.25, 0.3) is 5.56 Å². The Hall–Kier alpha value is -4.83. The van der Waals surface area contributed by atoms with Gasteiger partial charge < -0.3 is 20.3 Å². The van der Waals surface area contributed by atoms with E-state index in [0.29, 0.717) is 59.0 Å². The average molecular weight is 565 g/mol. The standard InChI is InChI=1S/C32H29FN6O3/c1-34-32(42)38-10-7-19(8-11-38)26-15-23-29(35-17-36-30(23)37-26)22-3-2-4-27(24(22)16-40)39-12-9-20-13-21(18-5-6-18)14-25(33)28(20)31(39)41/h2-4,7,9,12-15,17-18,40H,5-6,8,10-11,16H2,1H3,(H,34,42)(H,35,36,37). The van der Waals surface area contributed by atoms with Crippen LogP contribution in [-0.2, 0) is 6.61 Å². The molecule has 0 unspecified atom stereocenters. The lowest BCUT2D eigenvalue weighted by molar-refractivity contribution is 0.205. The molecule has 2 aromatic carbocycles. The monoisotopic (exact) mass is 564 g/mol. The average Bonchev–Trinajstić information content (AvgIpc) is 3.78. The molecule has 1 saturated carbocycles. The number of aromatic nitrogens is 4. The second-order valence-electron chi connectivity index (χ2n) is 10.8. The van der Waals surface area contributed by atoms with E-state index < -0.39 is 11.4 Å². The molecule has 212 valence electrons. The van der Waals surface area contributed by atoms with Crippen LogP contribution in [0.15, 0.2) is 65.9 Å². The van der Waals surface area contributed by atoms with Gasteiger partial charge in [-0.3, -0.25) is 9.36 Å². The summed E-state index contributed by atoms with van der Waals surface area (Å²) < 4.78 is 16.6. The Balaban J connectivity index is 1.31. The van der Waals surface area contributed by atoms with Crippen molar-refractivity contribution in [2.45, 2.75) is 31.8 Å². The van der Waals surface area contributed by atoms with Crippen molar-refractivity contribution >= 4 is 33.4 Å². The maximum atomic E-state index is 15.2. The SMILES string of the molecule is CNC(=O)N1CC=C(c2cc3c(-c4cccc(-n5ccc6cc(C7CC7)cc(F)c6c5=O)c4CO)ncnc3[nH]2)CC1. The minimum atomic E-state index is -0.525. The molecule has 2 amide bonds. The molecule has 7 rings (SSSR count). The Bertz CT molecular complexity index is 1970. The number of benzene rings is 2. The van der Waals surface area contributed by atoms with Gasteiger partial charge in [-0.1, -0.05) is 24.3 Å². The molecule has 0 spiro atoms. The molecule has 1 aliphatic carbocycles. The number of hydrogen-bond acceptors (Lipinski definition) is 5. The molecular formula is C32H29FN6O3. The molecule has 0 radical (unpaired) electrons. The summed E-state index contributed by atoms with van der Waals surface area (Å²) in [6.07, 6.45) is 7.90. The smallest absolute Gasteiger partial charge is 0.317 e. The van der Waals surface area contributed by atoms with E-state index in [1.807, 2.05) is 24.3 Å². The number of halogens is 1. The Kier molecular flexibility index (Phi) is 6.35. The van der Waals surface area contributed by atoms with Gasteiger partial charge in [-0.2, -0.15) is 0 Å². The van der Waals surface area contributed by atoms with Crippen molar-refractivity contribution in [3.63, 3.8) is 0 Å². The third-order valence-corrected chi connectivity index (χ3v) is 8.33. The van der Waals surface area contributed by atoms with Crippen LogP contribution in [0, 0.1) is 5.82 Å². The van der Waals surface area contributed by atoms with Crippen LogP contribution in [0.2, 0.25) is 0 Å².